The highest BCUT2D eigenvalue weighted by Crippen LogP contribution is 2.31. The maximum absolute atomic E-state index is 12.4. The van der Waals surface area contributed by atoms with Crippen LogP contribution in [-0.4, -0.2) is 50.6 Å². The molecule has 0 radical (unpaired) electrons. The highest BCUT2D eigenvalue weighted by molar-refractivity contribution is 6.33. The number of carboxylic acid groups (broad SMARTS) is 1. The highest BCUT2D eigenvalue weighted by Gasteiger charge is 2.41. The number of β-amino-alcohol motifs (C(OH)–C–C–N with tert-alkyl or cyclic N) is 1. The normalized spacial score (nSPS) is 21.3. The number of rotatable bonds is 3. The molecule has 0 bridgehead atoms. The Kier molecular flexibility index (Phi) is 4.10. The van der Waals surface area contributed by atoms with Gasteiger partial charge in [0.15, 0.2) is 0 Å². The zero-order valence-electron chi connectivity index (χ0n) is 10.6. The lowest BCUT2D eigenvalue weighted by Gasteiger charge is -2.21. The summed E-state index contributed by atoms with van der Waals surface area (Å²) in [5.41, 5.74) is -0.873. The van der Waals surface area contributed by atoms with E-state index >= 15 is 0 Å². The summed E-state index contributed by atoms with van der Waals surface area (Å²) in [6, 6.07) is 2.62. The van der Waals surface area contributed by atoms with Gasteiger partial charge in [-0.05, 0) is 12.1 Å². The molecule has 0 unspecified atom stereocenters. The molecule has 0 spiro atoms. The molecule has 8 nitrogen and oxygen atoms in total. The van der Waals surface area contributed by atoms with Gasteiger partial charge in [-0.3, -0.25) is 14.9 Å². The van der Waals surface area contributed by atoms with E-state index in [0.717, 1.165) is 4.90 Å². The lowest BCUT2D eigenvalue weighted by molar-refractivity contribution is -0.385. The third-order valence-corrected chi connectivity index (χ3v) is 3.53. The van der Waals surface area contributed by atoms with E-state index in [-0.39, 0.29) is 23.6 Å². The van der Waals surface area contributed by atoms with E-state index in [1.165, 1.54) is 18.2 Å². The van der Waals surface area contributed by atoms with Gasteiger partial charge in [0.2, 0.25) is 0 Å². The van der Waals surface area contributed by atoms with Crippen molar-refractivity contribution in [3.63, 3.8) is 0 Å². The van der Waals surface area contributed by atoms with Crippen LogP contribution in [0.15, 0.2) is 18.2 Å². The van der Waals surface area contributed by atoms with Crippen LogP contribution in [0.2, 0.25) is 5.02 Å². The zero-order valence-corrected chi connectivity index (χ0v) is 11.4. The Balaban J connectivity index is 2.43. The average Bonchev–Trinajstić information content (AvgIpc) is 2.79. The van der Waals surface area contributed by atoms with Gasteiger partial charge in [-0.2, -0.15) is 0 Å². The number of hydrogen-bond acceptors (Lipinski definition) is 5. The Bertz CT molecular complexity index is 620. The SMILES string of the molecule is O=C(O)[C@@H]1C[C@@H](O)CN1C(=O)c1cccc(Cl)c1[N+](=O)[O-]. The number of nitro benzene ring substituents is 1. The summed E-state index contributed by atoms with van der Waals surface area (Å²) < 4.78 is 0. The van der Waals surface area contributed by atoms with Crippen molar-refractivity contribution in [1.29, 1.82) is 0 Å². The number of aliphatic carboxylic acids is 1. The largest absolute Gasteiger partial charge is 0.480 e. The van der Waals surface area contributed by atoms with E-state index in [0.29, 0.717) is 0 Å². The van der Waals surface area contributed by atoms with Gasteiger partial charge < -0.3 is 15.1 Å². The van der Waals surface area contributed by atoms with E-state index in [2.05, 4.69) is 0 Å². The summed E-state index contributed by atoms with van der Waals surface area (Å²) in [5.74, 6) is -2.11. The minimum Gasteiger partial charge on any atom is -0.480 e. The second-order valence-electron chi connectivity index (χ2n) is 4.59. The molecule has 1 heterocycles. The van der Waals surface area contributed by atoms with Gasteiger partial charge in [-0.15, -0.1) is 0 Å². The molecule has 1 amide bonds. The first-order valence-corrected chi connectivity index (χ1v) is 6.35. The van der Waals surface area contributed by atoms with Crippen molar-refractivity contribution >= 4 is 29.2 Å². The van der Waals surface area contributed by atoms with Crippen molar-refractivity contribution in [2.75, 3.05) is 6.54 Å². The van der Waals surface area contributed by atoms with Crippen molar-refractivity contribution in [1.82, 2.24) is 4.90 Å². The minimum absolute atomic E-state index is 0.116. The van der Waals surface area contributed by atoms with Crippen LogP contribution in [0.25, 0.3) is 0 Å². The fourth-order valence-electron chi connectivity index (χ4n) is 2.30. The number of halogens is 1. The summed E-state index contributed by atoms with van der Waals surface area (Å²) in [4.78, 5) is 34.6. The standard InChI is InChI=1S/C12H11ClN2O6/c13-8-3-1-2-7(10(8)15(20)21)11(17)14-5-6(16)4-9(14)12(18)19/h1-3,6,9,16H,4-5H2,(H,18,19)/t6-,9+/m1/s1. The average molecular weight is 315 g/mol. The Morgan fingerprint density at radius 2 is 2.10 bits per heavy atom. The van der Waals surface area contributed by atoms with Crippen LogP contribution in [-0.2, 0) is 4.79 Å². The Morgan fingerprint density at radius 1 is 1.43 bits per heavy atom. The van der Waals surface area contributed by atoms with Gasteiger partial charge in [0.1, 0.15) is 16.6 Å². The first-order valence-electron chi connectivity index (χ1n) is 5.97. The fraction of sp³-hybridized carbons (Fsp3) is 0.333. The molecule has 21 heavy (non-hydrogen) atoms. The molecule has 2 rings (SSSR count). The number of likely N-dealkylation sites (tertiary alicyclic amines) is 1. The molecule has 2 atom stereocenters. The zero-order chi connectivity index (χ0) is 15.7. The summed E-state index contributed by atoms with van der Waals surface area (Å²) >= 11 is 5.72. The van der Waals surface area contributed by atoms with Gasteiger partial charge in [0, 0.05) is 13.0 Å². The van der Waals surface area contributed by atoms with Crippen LogP contribution in [0, 0.1) is 10.1 Å². The van der Waals surface area contributed by atoms with Crippen molar-refractivity contribution in [2.45, 2.75) is 18.6 Å². The molecule has 112 valence electrons. The first-order chi connectivity index (χ1) is 9.82. The number of carboxylic acids is 1. The number of para-hydroxylation sites is 1. The van der Waals surface area contributed by atoms with Gasteiger partial charge in [0.25, 0.3) is 5.91 Å². The smallest absolute Gasteiger partial charge is 0.326 e. The molecule has 2 N–H and O–H groups in total. The van der Waals surface area contributed by atoms with Gasteiger partial charge >= 0.3 is 11.7 Å². The maximum Gasteiger partial charge on any atom is 0.326 e. The first kappa shape index (κ1) is 15.2. The summed E-state index contributed by atoms with van der Waals surface area (Å²) in [6.07, 6.45) is -1.09. The molecule has 1 fully saturated rings. The monoisotopic (exact) mass is 314 g/mol. The van der Waals surface area contributed by atoms with Crippen LogP contribution in [0.1, 0.15) is 16.8 Å². The number of nitro groups is 1. The highest BCUT2D eigenvalue weighted by atomic mass is 35.5. The lowest BCUT2D eigenvalue weighted by atomic mass is 10.1. The number of amides is 1. The molecule has 1 aromatic carbocycles. The number of aliphatic hydroxyl groups excluding tert-OH is 1. The Labute approximate surface area is 123 Å². The summed E-state index contributed by atoms with van der Waals surface area (Å²) in [5, 5.41) is 29.4. The van der Waals surface area contributed by atoms with E-state index < -0.39 is 34.6 Å². The van der Waals surface area contributed by atoms with Crippen molar-refractivity contribution in [2.24, 2.45) is 0 Å². The molecular formula is C12H11ClN2O6. The number of benzene rings is 1. The number of aliphatic hydroxyl groups is 1. The molecule has 9 heteroatoms. The van der Waals surface area contributed by atoms with Crippen LogP contribution < -0.4 is 0 Å². The molecule has 1 aromatic rings. The second-order valence-corrected chi connectivity index (χ2v) is 5.00. The summed E-state index contributed by atoms with van der Waals surface area (Å²) in [6.45, 7) is -0.195. The predicted octanol–water partition coefficient (Wildman–Crippen LogP) is 0.908. The second kappa shape index (κ2) is 5.66. The molecule has 0 aromatic heterocycles. The fourth-order valence-corrected chi connectivity index (χ4v) is 2.54. The topological polar surface area (TPSA) is 121 Å². The van der Waals surface area contributed by atoms with Gasteiger partial charge in [-0.1, -0.05) is 17.7 Å². The number of carbonyl (C=O) groups is 2. The van der Waals surface area contributed by atoms with E-state index in [4.69, 9.17) is 16.7 Å². The minimum atomic E-state index is -1.27. The van der Waals surface area contributed by atoms with Crippen LogP contribution >= 0.6 is 11.6 Å². The Morgan fingerprint density at radius 3 is 2.67 bits per heavy atom. The van der Waals surface area contributed by atoms with E-state index in [9.17, 15) is 24.8 Å². The third-order valence-electron chi connectivity index (χ3n) is 3.22. The van der Waals surface area contributed by atoms with Gasteiger partial charge in [-0.25, -0.2) is 4.79 Å². The third kappa shape index (κ3) is 2.81. The Hall–Kier alpha value is -2.19. The van der Waals surface area contributed by atoms with Crippen molar-refractivity contribution < 1.29 is 24.7 Å². The lowest BCUT2D eigenvalue weighted by Crippen LogP contribution is -2.40. The molecular weight excluding hydrogens is 304 g/mol. The van der Waals surface area contributed by atoms with Crippen molar-refractivity contribution in [3.05, 3.63) is 38.9 Å². The van der Waals surface area contributed by atoms with Gasteiger partial charge in [0.05, 0.1) is 11.0 Å². The van der Waals surface area contributed by atoms with Crippen molar-refractivity contribution in [3.8, 4) is 0 Å². The molecule has 0 aliphatic carbocycles. The van der Waals surface area contributed by atoms with E-state index in [1.54, 1.807) is 0 Å². The molecule has 0 saturated carbocycles. The number of hydrogen-bond donors (Lipinski definition) is 2. The van der Waals surface area contributed by atoms with Crippen LogP contribution in [0.5, 0.6) is 0 Å². The van der Waals surface area contributed by atoms with E-state index in [1.807, 2.05) is 0 Å². The molecule has 1 saturated heterocycles. The maximum atomic E-state index is 12.4. The number of nitrogens with zero attached hydrogens (tertiary/aromatic N) is 2. The van der Waals surface area contributed by atoms with Crippen LogP contribution in [0.3, 0.4) is 0 Å². The molecule has 1 aliphatic heterocycles. The predicted molar refractivity (Wildman–Crippen MR) is 71.2 cm³/mol. The molecule has 1 aliphatic rings. The summed E-state index contributed by atoms with van der Waals surface area (Å²) in [7, 11) is 0. The van der Waals surface area contributed by atoms with Crippen LogP contribution in [0.4, 0.5) is 5.69 Å². The quantitative estimate of drug-likeness (QED) is 0.631. The number of carbonyl (C=O) groups excluding carboxylic acids is 1.